The molecule has 3 amide bonds. The Balaban J connectivity index is 2.27. The van der Waals surface area contributed by atoms with Crippen molar-refractivity contribution < 1.29 is 9.59 Å². The predicted molar refractivity (Wildman–Crippen MR) is 58.0 cm³/mol. The molecule has 2 rings (SSSR count). The number of carbonyl (C=O) groups is 2. The molecule has 6 nitrogen and oxygen atoms in total. The van der Waals surface area contributed by atoms with Gasteiger partial charge in [0.25, 0.3) is 0 Å². The lowest BCUT2D eigenvalue weighted by atomic mass is 10.1. The second-order valence-corrected chi connectivity index (χ2v) is 4.26. The van der Waals surface area contributed by atoms with Gasteiger partial charge < -0.3 is 0 Å². The molecule has 2 aliphatic rings. The van der Waals surface area contributed by atoms with Crippen LogP contribution in [0, 0.1) is 0 Å². The molecule has 0 aliphatic carbocycles. The summed E-state index contributed by atoms with van der Waals surface area (Å²) in [6, 6.07) is -0.0281. The van der Waals surface area contributed by atoms with Crippen molar-refractivity contribution in [2.75, 3.05) is 20.1 Å². The van der Waals surface area contributed by atoms with Gasteiger partial charge in [0.15, 0.2) is 0 Å². The molecular weight excluding hydrogens is 208 g/mol. The number of hydrogen-bond acceptors (Lipinski definition) is 3. The maximum atomic E-state index is 12.2. The third kappa shape index (κ3) is 1.73. The fraction of sp³-hybridized carbons (Fsp3) is 0.800. The molecule has 16 heavy (non-hydrogen) atoms. The summed E-state index contributed by atoms with van der Waals surface area (Å²) in [6.45, 7) is 3.08. The predicted octanol–water partition coefficient (Wildman–Crippen LogP) is 0.174. The number of fused-ring (bicyclic) bond motifs is 1. The van der Waals surface area contributed by atoms with Crippen LogP contribution in [0.2, 0.25) is 0 Å². The lowest BCUT2D eigenvalue weighted by molar-refractivity contribution is -0.149. The molecular formula is C10H18N4O2. The van der Waals surface area contributed by atoms with Gasteiger partial charge in [-0.05, 0) is 19.8 Å². The molecule has 1 N–H and O–H groups in total. The SMILES string of the molecule is CNN1CCC(=O)N2CCC[C@@H](C)N2C1=O. The molecule has 2 fully saturated rings. The first kappa shape index (κ1) is 11.2. The first-order valence-corrected chi connectivity index (χ1v) is 5.73. The Bertz CT molecular complexity index is 307. The summed E-state index contributed by atoms with van der Waals surface area (Å²) in [5.74, 6) is 0.0395. The van der Waals surface area contributed by atoms with E-state index < -0.39 is 0 Å². The fourth-order valence-electron chi connectivity index (χ4n) is 2.30. The zero-order valence-electron chi connectivity index (χ0n) is 9.77. The van der Waals surface area contributed by atoms with Crippen LogP contribution in [-0.2, 0) is 4.79 Å². The van der Waals surface area contributed by atoms with Gasteiger partial charge in [0.2, 0.25) is 5.91 Å². The zero-order valence-corrected chi connectivity index (χ0v) is 9.77. The number of amides is 3. The van der Waals surface area contributed by atoms with Gasteiger partial charge in [-0.25, -0.2) is 20.2 Å². The highest BCUT2D eigenvalue weighted by molar-refractivity contribution is 5.84. The quantitative estimate of drug-likeness (QED) is 0.693. The third-order valence-corrected chi connectivity index (χ3v) is 3.20. The van der Waals surface area contributed by atoms with Crippen molar-refractivity contribution in [2.24, 2.45) is 0 Å². The monoisotopic (exact) mass is 226 g/mol. The molecule has 90 valence electrons. The molecule has 0 bridgehead atoms. The minimum atomic E-state index is -0.124. The normalized spacial score (nSPS) is 26.9. The Labute approximate surface area is 95.1 Å². The Morgan fingerprint density at radius 3 is 2.75 bits per heavy atom. The number of rotatable bonds is 1. The van der Waals surface area contributed by atoms with Gasteiger partial charge in [0, 0.05) is 26.6 Å². The Morgan fingerprint density at radius 2 is 2.06 bits per heavy atom. The molecule has 0 saturated carbocycles. The molecule has 2 saturated heterocycles. The van der Waals surface area contributed by atoms with Gasteiger partial charge in [-0.3, -0.25) is 9.80 Å². The number of nitrogens with one attached hydrogen (secondary N) is 1. The second kappa shape index (κ2) is 4.29. The van der Waals surface area contributed by atoms with E-state index in [0.717, 1.165) is 12.8 Å². The van der Waals surface area contributed by atoms with Gasteiger partial charge in [-0.1, -0.05) is 0 Å². The van der Waals surface area contributed by atoms with E-state index in [2.05, 4.69) is 5.43 Å². The van der Waals surface area contributed by atoms with E-state index in [1.54, 1.807) is 17.1 Å². The number of carbonyl (C=O) groups excluding carboxylic acids is 2. The summed E-state index contributed by atoms with van der Waals surface area (Å²) in [4.78, 5) is 24.0. The Morgan fingerprint density at radius 1 is 1.31 bits per heavy atom. The van der Waals surface area contributed by atoms with Crippen molar-refractivity contribution in [3.05, 3.63) is 0 Å². The second-order valence-electron chi connectivity index (χ2n) is 4.26. The molecule has 6 heteroatoms. The van der Waals surface area contributed by atoms with Crippen molar-refractivity contribution in [3.8, 4) is 0 Å². The highest BCUT2D eigenvalue weighted by Crippen LogP contribution is 2.22. The molecule has 1 atom stereocenters. The summed E-state index contributed by atoms with van der Waals surface area (Å²) < 4.78 is 0. The van der Waals surface area contributed by atoms with E-state index >= 15 is 0 Å². The lowest BCUT2D eigenvalue weighted by Gasteiger charge is -2.42. The summed E-state index contributed by atoms with van der Waals surface area (Å²) in [7, 11) is 1.70. The largest absolute Gasteiger partial charge is 0.353 e. The van der Waals surface area contributed by atoms with Crippen molar-refractivity contribution >= 4 is 11.9 Å². The van der Waals surface area contributed by atoms with Crippen molar-refractivity contribution in [1.29, 1.82) is 0 Å². The van der Waals surface area contributed by atoms with E-state index in [1.807, 2.05) is 6.92 Å². The molecule has 2 aliphatic heterocycles. The van der Waals surface area contributed by atoms with Crippen LogP contribution in [0.15, 0.2) is 0 Å². The topological polar surface area (TPSA) is 55.9 Å². The maximum absolute atomic E-state index is 12.2. The molecule has 0 unspecified atom stereocenters. The van der Waals surface area contributed by atoms with Crippen LogP contribution in [0.5, 0.6) is 0 Å². The maximum Gasteiger partial charge on any atom is 0.353 e. The molecule has 0 aromatic rings. The minimum absolute atomic E-state index is 0.0395. The van der Waals surface area contributed by atoms with Crippen molar-refractivity contribution in [3.63, 3.8) is 0 Å². The van der Waals surface area contributed by atoms with Crippen LogP contribution in [0.4, 0.5) is 4.79 Å². The Hall–Kier alpha value is -1.30. The summed E-state index contributed by atoms with van der Waals surface area (Å²) >= 11 is 0. The van der Waals surface area contributed by atoms with E-state index in [1.165, 1.54) is 5.01 Å². The van der Waals surface area contributed by atoms with Gasteiger partial charge in [0.05, 0.1) is 6.04 Å². The van der Waals surface area contributed by atoms with Gasteiger partial charge in [-0.2, -0.15) is 0 Å². The van der Waals surface area contributed by atoms with E-state index in [4.69, 9.17) is 0 Å². The van der Waals surface area contributed by atoms with Crippen LogP contribution in [0.25, 0.3) is 0 Å². The van der Waals surface area contributed by atoms with Crippen LogP contribution >= 0.6 is 0 Å². The third-order valence-electron chi connectivity index (χ3n) is 3.20. The molecule has 0 radical (unpaired) electrons. The number of urea groups is 1. The minimum Gasteiger partial charge on any atom is -0.273 e. The summed E-state index contributed by atoms with van der Waals surface area (Å²) in [5.41, 5.74) is 2.83. The highest BCUT2D eigenvalue weighted by atomic mass is 16.2. The smallest absolute Gasteiger partial charge is 0.273 e. The van der Waals surface area contributed by atoms with Crippen LogP contribution in [0.3, 0.4) is 0 Å². The van der Waals surface area contributed by atoms with Gasteiger partial charge >= 0.3 is 6.03 Å². The van der Waals surface area contributed by atoms with Crippen molar-refractivity contribution in [1.82, 2.24) is 20.5 Å². The fourth-order valence-corrected chi connectivity index (χ4v) is 2.30. The van der Waals surface area contributed by atoms with Gasteiger partial charge in [0.1, 0.15) is 0 Å². The molecule has 0 aromatic heterocycles. The molecule has 0 aromatic carbocycles. The van der Waals surface area contributed by atoms with Crippen LogP contribution in [0.1, 0.15) is 26.2 Å². The standard InChI is InChI=1S/C10H18N4O2/c1-8-4-3-6-13-9(15)5-7-12(11-2)10(16)14(8)13/h8,11H,3-7H2,1-2H3/t8-/m1/s1. The average molecular weight is 226 g/mol. The van der Waals surface area contributed by atoms with Crippen LogP contribution < -0.4 is 5.43 Å². The Kier molecular flexibility index (Phi) is 3.00. The molecule has 0 spiro atoms. The zero-order chi connectivity index (χ0) is 11.7. The van der Waals surface area contributed by atoms with E-state index in [0.29, 0.717) is 19.5 Å². The summed E-state index contributed by atoms with van der Waals surface area (Å²) in [6.07, 6.45) is 2.30. The first-order valence-electron chi connectivity index (χ1n) is 5.73. The van der Waals surface area contributed by atoms with Crippen molar-refractivity contribution in [2.45, 2.75) is 32.2 Å². The van der Waals surface area contributed by atoms with E-state index in [9.17, 15) is 9.59 Å². The van der Waals surface area contributed by atoms with Crippen LogP contribution in [-0.4, -0.2) is 53.1 Å². The number of nitrogens with zero attached hydrogens (tertiary/aromatic N) is 3. The number of hydrogen-bond donors (Lipinski definition) is 1. The molecule has 2 heterocycles. The summed E-state index contributed by atoms with van der Waals surface area (Å²) in [5, 5.41) is 4.70. The van der Waals surface area contributed by atoms with E-state index in [-0.39, 0.29) is 18.0 Å². The first-order chi connectivity index (χ1) is 7.65. The lowest BCUT2D eigenvalue weighted by Crippen LogP contribution is -2.59. The highest BCUT2D eigenvalue weighted by Gasteiger charge is 2.38. The van der Waals surface area contributed by atoms with Gasteiger partial charge in [-0.15, -0.1) is 0 Å². The average Bonchev–Trinajstić information content (AvgIpc) is 2.39. The number of hydrazine groups is 2.